The first kappa shape index (κ1) is 14.7. The van der Waals surface area contributed by atoms with Crippen molar-refractivity contribution in [3.05, 3.63) is 35.2 Å². The molecule has 0 saturated heterocycles. The summed E-state index contributed by atoms with van der Waals surface area (Å²) in [5.74, 6) is 4.81. The van der Waals surface area contributed by atoms with E-state index in [9.17, 15) is 14.9 Å². The number of nitrogen functional groups attached to an aromatic ring is 1. The van der Waals surface area contributed by atoms with Crippen LogP contribution in [0.4, 0.5) is 0 Å². The van der Waals surface area contributed by atoms with Crippen LogP contribution in [0, 0.1) is 6.92 Å². The molecule has 0 saturated carbocycles. The third-order valence-corrected chi connectivity index (χ3v) is 4.64. The van der Waals surface area contributed by atoms with Crippen LogP contribution in [0.3, 0.4) is 0 Å². The number of nitrogens with zero attached hydrogens (tertiary/aromatic N) is 3. The summed E-state index contributed by atoms with van der Waals surface area (Å²) in [5, 5.41) is 27.1. The fraction of sp³-hybridized carbons (Fsp3) is 0.250. The van der Waals surface area contributed by atoms with Crippen LogP contribution in [0.15, 0.2) is 23.6 Å². The van der Waals surface area contributed by atoms with Gasteiger partial charge in [0.25, 0.3) is 0 Å². The van der Waals surface area contributed by atoms with Crippen molar-refractivity contribution in [3.8, 4) is 5.75 Å². The molecule has 4 N–H and O–H groups in total. The molecule has 1 aliphatic rings. The predicted molar refractivity (Wildman–Crippen MR) is 80.3 cm³/mol. The summed E-state index contributed by atoms with van der Waals surface area (Å²) in [6, 6.07) is 3.54. The Morgan fingerprint density at radius 1 is 1.59 bits per heavy atom. The second-order valence-electron chi connectivity index (χ2n) is 4.94. The van der Waals surface area contributed by atoms with Crippen molar-refractivity contribution in [2.75, 3.05) is 5.84 Å². The van der Waals surface area contributed by atoms with Crippen molar-refractivity contribution in [2.24, 2.45) is 0 Å². The van der Waals surface area contributed by atoms with Crippen LogP contribution in [0.1, 0.15) is 21.5 Å². The van der Waals surface area contributed by atoms with Gasteiger partial charge in [-0.15, -0.1) is 10.2 Å². The average molecular weight is 320 g/mol. The molecule has 1 aromatic heterocycles. The monoisotopic (exact) mass is 320 g/mol. The Morgan fingerprint density at radius 2 is 2.36 bits per heavy atom. The Bertz CT molecular complexity index is 738. The van der Waals surface area contributed by atoms with Crippen LogP contribution in [0.2, 0.25) is 0 Å². The number of rotatable bonds is 3. The molecular formula is C12H13BN4O4S. The zero-order chi connectivity index (χ0) is 15.9. The smallest absolute Gasteiger partial charge is 0.535 e. The standard InChI is InChI=1S/C12H13BN4O4S/c1-6-2-3-7-4-8(22-12-16-15-5-17(12)14)13(20)21-10(7)9(6)11(18)19/h2-3,5,8,20H,4,14H2,1H3,(H,18,19)/t8-/m0/s1. The fourth-order valence-corrected chi connectivity index (χ4v) is 3.32. The number of thioether (sulfide) groups is 1. The highest BCUT2D eigenvalue weighted by atomic mass is 32.2. The molecule has 1 aromatic carbocycles. The number of carboxylic acids is 1. The molecule has 2 aromatic rings. The van der Waals surface area contributed by atoms with Crippen molar-refractivity contribution in [3.63, 3.8) is 0 Å². The topological polar surface area (TPSA) is 123 Å². The molecule has 1 atom stereocenters. The van der Waals surface area contributed by atoms with Crippen molar-refractivity contribution >= 4 is 24.8 Å². The van der Waals surface area contributed by atoms with Gasteiger partial charge >= 0.3 is 13.1 Å². The summed E-state index contributed by atoms with van der Waals surface area (Å²) in [4.78, 5) is 11.4. The number of hydrogen-bond acceptors (Lipinski definition) is 7. The lowest BCUT2D eigenvalue weighted by molar-refractivity contribution is 0.0693. The van der Waals surface area contributed by atoms with Crippen LogP contribution in [-0.2, 0) is 6.42 Å². The van der Waals surface area contributed by atoms with Crippen molar-refractivity contribution in [2.45, 2.75) is 23.7 Å². The van der Waals surface area contributed by atoms with Gasteiger partial charge in [-0.05, 0) is 24.5 Å². The molecule has 0 bridgehead atoms. The molecule has 1 aliphatic heterocycles. The number of aromatic nitrogens is 3. The highest BCUT2D eigenvalue weighted by molar-refractivity contribution is 8.01. The summed E-state index contributed by atoms with van der Waals surface area (Å²) in [6.07, 6.45) is 1.80. The van der Waals surface area contributed by atoms with Crippen LogP contribution < -0.4 is 10.5 Å². The Kier molecular flexibility index (Phi) is 3.71. The van der Waals surface area contributed by atoms with Gasteiger partial charge in [0.1, 0.15) is 17.6 Å². The van der Waals surface area contributed by atoms with Gasteiger partial charge in [0.2, 0.25) is 5.16 Å². The zero-order valence-electron chi connectivity index (χ0n) is 11.6. The number of fused-ring (bicyclic) bond motifs is 1. The van der Waals surface area contributed by atoms with E-state index < -0.39 is 13.1 Å². The van der Waals surface area contributed by atoms with Gasteiger partial charge in [-0.3, -0.25) is 0 Å². The summed E-state index contributed by atoms with van der Waals surface area (Å²) >= 11 is 1.23. The van der Waals surface area contributed by atoms with E-state index >= 15 is 0 Å². The molecule has 114 valence electrons. The summed E-state index contributed by atoms with van der Waals surface area (Å²) in [5.41, 5.74) is 1.40. The molecule has 0 amide bonds. The molecular weight excluding hydrogens is 307 g/mol. The molecule has 2 heterocycles. The van der Waals surface area contributed by atoms with Gasteiger partial charge in [0.05, 0.1) is 5.15 Å². The lowest BCUT2D eigenvalue weighted by atomic mass is 9.77. The van der Waals surface area contributed by atoms with E-state index in [4.69, 9.17) is 10.5 Å². The van der Waals surface area contributed by atoms with Crippen molar-refractivity contribution < 1.29 is 19.6 Å². The minimum atomic E-state index is -1.16. The second kappa shape index (κ2) is 5.54. The lowest BCUT2D eigenvalue weighted by Gasteiger charge is -2.28. The Morgan fingerprint density at radius 3 is 3.00 bits per heavy atom. The predicted octanol–water partition coefficient (Wildman–Crippen LogP) is 0.114. The molecule has 0 unspecified atom stereocenters. The number of aromatic carboxylic acids is 1. The summed E-state index contributed by atoms with van der Waals surface area (Å²) in [6.45, 7) is 1.69. The summed E-state index contributed by atoms with van der Waals surface area (Å²) in [7, 11) is -1.16. The number of carbonyl (C=O) groups is 1. The fourth-order valence-electron chi connectivity index (χ4n) is 2.35. The highest BCUT2D eigenvalue weighted by Crippen LogP contribution is 2.36. The first-order valence-corrected chi connectivity index (χ1v) is 7.37. The highest BCUT2D eigenvalue weighted by Gasteiger charge is 2.38. The number of benzene rings is 1. The van der Waals surface area contributed by atoms with Crippen molar-refractivity contribution in [1.29, 1.82) is 0 Å². The van der Waals surface area contributed by atoms with Gasteiger partial charge in [0.15, 0.2) is 0 Å². The quantitative estimate of drug-likeness (QED) is 0.538. The minimum Gasteiger partial charge on any atom is -0.535 e. The maximum Gasteiger partial charge on any atom is 0.537 e. The van der Waals surface area contributed by atoms with Gasteiger partial charge in [-0.1, -0.05) is 23.9 Å². The van der Waals surface area contributed by atoms with Crippen LogP contribution in [0.25, 0.3) is 0 Å². The first-order valence-electron chi connectivity index (χ1n) is 6.49. The number of carboxylic acid groups (broad SMARTS) is 1. The van der Waals surface area contributed by atoms with E-state index in [0.29, 0.717) is 17.1 Å². The molecule has 10 heteroatoms. The SMILES string of the molecule is Cc1ccc2c(c1C(=O)O)OB(O)[C@@H](Sc1nncn1N)C2. The van der Waals surface area contributed by atoms with Crippen LogP contribution in [-0.4, -0.2) is 43.2 Å². The normalized spacial score (nSPS) is 17.0. The van der Waals surface area contributed by atoms with E-state index in [2.05, 4.69) is 10.2 Å². The van der Waals surface area contributed by atoms with Gasteiger partial charge in [-0.25, -0.2) is 9.47 Å². The van der Waals surface area contributed by atoms with E-state index in [1.165, 1.54) is 22.8 Å². The number of hydrogen-bond donors (Lipinski definition) is 3. The number of aryl methyl sites for hydroxylation is 1. The Balaban J connectivity index is 1.91. The lowest BCUT2D eigenvalue weighted by Crippen LogP contribution is -2.41. The Hall–Kier alpha value is -2.20. The molecule has 8 nitrogen and oxygen atoms in total. The van der Waals surface area contributed by atoms with E-state index in [1.54, 1.807) is 13.0 Å². The maximum atomic E-state index is 11.4. The van der Waals surface area contributed by atoms with Gasteiger partial charge in [-0.2, -0.15) is 0 Å². The number of nitrogens with two attached hydrogens (primary N) is 1. The van der Waals surface area contributed by atoms with E-state index in [1.807, 2.05) is 6.07 Å². The third-order valence-electron chi connectivity index (χ3n) is 3.44. The zero-order valence-corrected chi connectivity index (χ0v) is 12.4. The molecule has 0 fully saturated rings. The molecule has 0 spiro atoms. The van der Waals surface area contributed by atoms with Crippen LogP contribution >= 0.6 is 11.8 Å². The second-order valence-corrected chi connectivity index (χ2v) is 6.15. The van der Waals surface area contributed by atoms with E-state index in [0.717, 1.165) is 5.56 Å². The van der Waals surface area contributed by atoms with E-state index in [-0.39, 0.29) is 16.5 Å². The molecule has 3 rings (SSSR count). The molecule has 22 heavy (non-hydrogen) atoms. The van der Waals surface area contributed by atoms with Gasteiger partial charge in [0, 0.05) is 0 Å². The Labute approximate surface area is 130 Å². The first-order chi connectivity index (χ1) is 10.5. The minimum absolute atomic E-state index is 0.0852. The largest absolute Gasteiger partial charge is 0.537 e. The average Bonchev–Trinajstić information content (AvgIpc) is 2.85. The van der Waals surface area contributed by atoms with Crippen LogP contribution in [0.5, 0.6) is 5.75 Å². The molecule has 0 radical (unpaired) electrons. The molecule has 0 aliphatic carbocycles. The van der Waals surface area contributed by atoms with Gasteiger partial charge < -0.3 is 20.6 Å². The maximum absolute atomic E-state index is 11.4. The van der Waals surface area contributed by atoms with Crippen molar-refractivity contribution in [1.82, 2.24) is 14.9 Å². The third kappa shape index (κ3) is 2.50. The summed E-state index contributed by atoms with van der Waals surface area (Å²) < 4.78 is 6.72.